The van der Waals surface area contributed by atoms with E-state index in [9.17, 15) is 4.79 Å². The van der Waals surface area contributed by atoms with Crippen LogP contribution < -0.4 is 5.32 Å². The van der Waals surface area contributed by atoms with Crippen LogP contribution >= 0.6 is 0 Å². The van der Waals surface area contributed by atoms with Gasteiger partial charge in [-0.3, -0.25) is 9.69 Å². The van der Waals surface area contributed by atoms with Gasteiger partial charge >= 0.3 is 0 Å². The average molecular weight is 282 g/mol. The SMILES string of the molecule is COCCNC(=O)/C(C#N)=C\N1CCN(CCO)CC1. The van der Waals surface area contributed by atoms with Gasteiger partial charge in [0.1, 0.15) is 11.6 Å². The van der Waals surface area contributed by atoms with E-state index in [-0.39, 0.29) is 18.1 Å². The van der Waals surface area contributed by atoms with Gasteiger partial charge in [-0.05, 0) is 0 Å². The lowest BCUT2D eigenvalue weighted by Gasteiger charge is -2.33. The monoisotopic (exact) mass is 282 g/mol. The van der Waals surface area contributed by atoms with E-state index >= 15 is 0 Å². The summed E-state index contributed by atoms with van der Waals surface area (Å²) in [6.45, 7) is 4.76. The molecule has 0 aliphatic carbocycles. The third-order valence-corrected chi connectivity index (χ3v) is 3.09. The van der Waals surface area contributed by atoms with E-state index in [2.05, 4.69) is 10.2 Å². The maximum absolute atomic E-state index is 11.8. The fraction of sp³-hybridized carbons (Fsp3) is 0.692. The van der Waals surface area contributed by atoms with Crippen molar-refractivity contribution in [2.24, 2.45) is 0 Å². The Morgan fingerprint density at radius 1 is 1.45 bits per heavy atom. The molecule has 1 fully saturated rings. The maximum atomic E-state index is 11.8. The molecular formula is C13H22N4O3. The van der Waals surface area contributed by atoms with Gasteiger partial charge in [-0.1, -0.05) is 0 Å². The molecule has 7 heteroatoms. The quantitative estimate of drug-likeness (QED) is 0.345. The number of piperazine rings is 1. The molecule has 1 rings (SSSR count). The summed E-state index contributed by atoms with van der Waals surface area (Å²) in [4.78, 5) is 15.9. The summed E-state index contributed by atoms with van der Waals surface area (Å²) >= 11 is 0. The van der Waals surface area contributed by atoms with E-state index in [1.165, 1.54) is 0 Å². The molecule has 112 valence electrons. The van der Waals surface area contributed by atoms with Crippen LogP contribution in [-0.2, 0) is 9.53 Å². The highest BCUT2D eigenvalue weighted by molar-refractivity contribution is 5.97. The van der Waals surface area contributed by atoms with Crippen molar-refractivity contribution in [3.63, 3.8) is 0 Å². The number of hydrogen-bond acceptors (Lipinski definition) is 6. The maximum Gasteiger partial charge on any atom is 0.263 e. The largest absolute Gasteiger partial charge is 0.395 e. The van der Waals surface area contributed by atoms with Gasteiger partial charge in [0.2, 0.25) is 0 Å². The van der Waals surface area contributed by atoms with Gasteiger partial charge in [0.15, 0.2) is 0 Å². The Kier molecular flexibility index (Phi) is 7.65. The molecule has 0 aromatic heterocycles. The van der Waals surface area contributed by atoms with Crippen LogP contribution in [0.25, 0.3) is 0 Å². The van der Waals surface area contributed by atoms with Crippen LogP contribution in [0.1, 0.15) is 0 Å². The molecule has 1 aliphatic heterocycles. The number of hydrogen-bond donors (Lipinski definition) is 2. The van der Waals surface area contributed by atoms with Crippen molar-refractivity contribution < 1.29 is 14.6 Å². The number of amides is 1. The molecule has 7 nitrogen and oxygen atoms in total. The number of nitrogens with one attached hydrogen (secondary N) is 1. The van der Waals surface area contributed by atoms with E-state index in [4.69, 9.17) is 15.1 Å². The molecule has 20 heavy (non-hydrogen) atoms. The van der Waals surface area contributed by atoms with E-state index < -0.39 is 0 Å². The van der Waals surface area contributed by atoms with Crippen LogP contribution in [0.15, 0.2) is 11.8 Å². The number of ether oxygens (including phenoxy) is 1. The van der Waals surface area contributed by atoms with Gasteiger partial charge < -0.3 is 20.1 Å². The first kappa shape index (κ1) is 16.4. The van der Waals surface area contributed by atoms with Crippen molar-refractivity contribution in [1.29, 1.82) is 5.26 Å². The van der Waals surface area contributed by atoms with Crippen LogP contribution in [-0.4, -0.2) is 80.4 Å². The fourth-order valence-electron chi connectivity index (χ4n) is 1.94. The first-order chi connectivity index (χ1) is 9.71. The number of carbonyl (C=O) groups excluding carboxylic acids is 1. The molecular weight excluding hydrogens is 260 g/mol. The number of aliphatic hydroxyl groups excluding tert-OH is 1. The molecule has 0 atom stereocenters. The smallest absolute Gasteiger partial charge is 0.263 e. The van der Waals surface area contributed by atoms with Crippen molar-refractivity contribution in [1.82, 2.24) is 15.1 Å². The fourth-order valence-corrected chi connectivity index (χ4v) is 1.94. The highest BCUT2D eigenvalue weighted by atomic mass is 16.5. The molecule has 0 aromatic rings. The van der Waals surface area contributed by atoms with Gasteiger partial charge in [-0.25, -0.2) is 0 Å². The number of aliphatic hydroxyl groups is 1. The summed E-state index contributed by atoms with van der Waals surface area (Å²) in [5, 5.41) is 20.5. The molecule has 1 amide bonds. The second kappa shape index (κ2) is 9.31. The Labute approximate surface area is 119 Å². The first-order valence-corrected chi connectivity index (χ1v) is 6.67. The lowest BCUT2D eigenvalue weighted by atomic mass is 10.2. The van der Waals surface area contributed by atoms with Gasteiger partial charge in [-0.15, -0.1) is 0 Å². The Balaban J connectivity index is 2.45. The lowest BCUT2D eigenvalue weighted by molar-refractivity contribution is -0.117. The lowest BCUT2D eigenvalue weighted by Crippen LogP contribution is -2.45. The number of nitriles is 1. The highest BCUT2D eigenvalue weighted by Gasteiger charge is 2.16. The summed E-state index contributed by atoms with van der Waals surface area (Å²) in [7, 11) is 1.55. The Bertz CT molecular complexity index is 370. The molecule has 0 saturated carbocycles. The standard InChI is InChI=1S/C13H22N4O3/c1-20-9-2-15-13(19)12(10-14)11-17-5-3-16(4-6-17)7-8-18/h11,18H,2-9H2,1H3,(H,15,19)/b12-11-. The van der Waals surface area contributed by atoms with Crippen LogP contribution in [0.3, 0.4) is 0 Å². The number of β-amino-alcohol motifs (C(OH)–C–C–N with tert-alkyl or cyclic N) is 1. The summed E-state index contributed by atoms with van der Waals surface area (Å²) < 4.78 is 4.84. The molecule has 0 unspecified atom stereocenters. The summed E-state index contributed by atoms with van der Waals surface area (Å²) in [5.41, 5.74) is 0.108. The van der Waals surface area contributed by atoms with Crippen LogP contribution in [0.2, 0.25) is 0 Å². The number of carbonyl (C=O) groups is 1. The number of rotatable bonds is 7. The Morgan fingerprint density at radius 3 is 2.70 bits per heavy atom. The minimum absolute atomic E-state index is 0.108. The second-order valence-electron chi connectivity index (χ2n) is 4.50. The van der Waals surface area contributed by atoms with E-state index in [0.717, 1.165) is 26.2 Å². The zero-order valence-electron chi connectivity index (χ0n) is 11.8. The topological polar surface area (TPSA) is 88.8 Å². The molecule has 0 radical (unpaired) electrons. The molecule has 1 heterocycles. The van der Waals surface area contributed by atoms with Crippen molar-refractivity contribution in [2.75, 3.05) is 59.6 Å². The van der Waals surface area contributed by atoms with Crippen LogP contribution in [0.4, 0.5) is 0 Å². The number of methoxy groups -OCH3 is 1. The van der Waals surface area contributed by atoms with Gasteiger partial charge in [0.05, 0.1) is 13.2 Å². The normalized spacial score (nSPS) is 16.9. The van der Waals surface area contributed by atoms with Crippen molar-refractivity contribution in [3.8, 4) is 6.07 Å². The molecule has 0 aromatic carbocycles. The molecule has 2 N–H and O–H groups in total. The minimum atomic E-state index is -0.373. The molecule has 0 bridgehead atoms. The van der Waals surface area contributed by atoms with Crippen molar-refractivity contribution in [3.05, 3.63) is 11.8 Å². The number of nitrogens with zero attached hydrogens (tertiary/aromatic N) is 3. The summed E-state index contributed by atoms with van der Waals surface area (Å²) in [5.74, 6) is -0.373. The minimum Gasteiger partial charge on any atom is -0.395 e. The van der Waals surface area contributed by atoms with Crippen molar-refractivity contribution in [2.45, 2.75) is 0 Å². The summed E-state index contributed by atoms with van der Waals surface area (Å²) in [6, 6.07) is 1.93. The van der Waals surface area contributed by atoms with Crippen molar-refractivity contribution >= 4 is 5.91 Å². The zero-order chi connectivity index (χ0) is 14.8. The third kappa shape index (κ3) is 5.57. The third-order valence-electron chi connectivity index (χ3n) is 3.09. The molecule has 1 aliphatic rings. The Hall–Kier alpha value is -1.62. The van der Waals surface area contributed by atoms with Crippen LogP contribution in [0, 0.1) is 11.3 Å². The molecule has 0 spiro atoms. The first-order valence-electron chi connectivity index (χ1n) is 6.67. The van der Waals surface area contributed by atoms with Gasteiger partial charge in [0.25, 0.3) is 5.91 Å². The highest BCUT2D eigenvalue weighted by Crippen LogP contribution is 2.04. The zero-order valence-corrected chi connectivity index (χ0v) is 11.8. The van der Waals surface area contributed by atoms with E-state index in [1.807, 2.05) is 11.0 Å². The second-order valence-corrected chi connectivity index (χ2v) is 4.50. The predicted octanol–water partition coefficient (Wildman–Crippen LogP) is -1.23. The van der Waals surface area contributed by atoms with Gasteiger partial charge in [-0.2, -0.15) is 5.26 Å². The van der Waals surface area contributed by atoms with Crippen LogP contribution in [0.5, 0.6) is 0 Å². The van der Waals surface area contributed by atoms with E-state index in [0.29, 0.717) is 19.7 Å². The average Bonchev–Trinajstić information content (AvgIpc) is 2.47. The predicted molar refractivity (Wildman–Crippen MR) is 73.7 cm³/mol. The summed E-state index contributed by atoms with van der Waals surface area (Å²) in [6.07, 6.45) is 1.61. The van der Waals surface area contributed by atoms with Gasteiger partial charge in [0, 0.05) is 52.6 Å². The molecule has 1 saturated heterocycles. The Morgan fingerprint density at radius 2 is 2.15 bits per heavy atom. The van der Waals surface area contributed by atoms with E-state index in [1.54, 1.807) is 13.3 Å².